The third kappa shape index (κ3) is 4.45. The van der Waals surface area contributed by atoms with Gasteiger partial charge in [0, 0.05) is 0 Å². The molecule has 0 nitrogen and oxygen atoms in total. The summed E-state index contributed by atoms with van der Waals surface area (Å²) in [4.78, 5) is 0. The Morgan fingerprint density at radius 2 is 0.406 bits per heavy atom. The molecule has 0 spiro atoms. The van der Waals surface area contributed by atoms with E-state index >= 15 is 0 Å². The summed E-state index contributed by atoms with van der Waals surface area (Å²) in [5.74, 6) is 0. The van der Waals surface area contributed by atoms with E-state index < -0.39 is 0 Å². The Morgan fingerprint density at radius 3 is 0.594 bits per heavy atom. The van der Waals surface area contributed by atoms with Crippen LogP contribution in [-0.2, 0) is 0 Å². The van der Waals surface area contributed by atoms with Gasteiger partial charge in [-0.2, -0.15) is 0 Å². The van der Waals surface area contributed by atoms with Crippen LogP contribution in [0.2, 0.25) is 0 Å². The monoisotopic (exact) mass is 408 g/mol. The van der Waals surface area contributed by atoms with E-state index in [2.05, 4.69) is 146 Å². The van der Waals surface area contributed by atoms with Crippen molar-refractivity contribution in [2.75, 3.05) is 0 Å². The summed E-state index contributed by atoms with van der Waals surface area (Å²) in [5.41, 5.74) is 9.62. The number of rotatable bonds is 4. The van der Waals surface area contributed by atoms with Crippen molar-refractivity contribution in [3.63, 3.8) is 0 Å². The summed E-state index contributed by atoms with van der Waals surface area (Å²) in [6.07, 6.45) is 9.24. The first-order valence-electron chi connectivity index (χ1n) is 11.0. The second-order valence-corrected chi connectivity index (χ2v) is 7.86. The molecule has 0 bridgehead atoms. The molecular formula is C32H24. The number of hydrogen-bond acceptors (Lipinski definition) is 0. The fraction of sp³-hybridized carbons (Fsp3) is 0. The SMILES string of the molecule is C1=C(c2ccccc2)\C=C(c2ccccc2)/C=C(c2ccccc2)\C=C/1c1ccccc1. The first-order chi connectivity index (χ1) is 15.9. The van der Waals surface area contributed by atoms with Gasteiger partial charge in [-0.05, 0) is 68.9 Å². The molecule has 0 heteroatoms. The highest BCUT2D eigenvalue weighted by atomic mass is 14.2. The zero-order chi connectivity index (χ0) is 21.6. The molecule has 0 unspecified atom stereocenters. The number of hydrogen-bond donors (Lipinski definition) is 0. The van der Waals surface area contributed by atoms with Gasteiger partial charge in [-0.15, -0.1) is 0 Å². The van der Waals surface area contributed by atoms with Gasteiger partial charge in [0.05, 0.1) is 0 Å². The fourth-order valence-electron chi connectivity index (χ4n) is 4.03. The highest BCUT2D eigenvalue weighted by Crippen LogP contribution is 2.34. The van der Waals surface area contributed by atoms with Crippen LogP contribution in [0.3, 0.4) is 0 Å². The van der Waals surface area contributed by atoms with Gasteiger partial charge >= 0.3 is 0 Å². The molecule has 0 radical (unpaired) electrons. The second kappa shape index (κ2) is 9.32. The molecule has 0 aromatic heterocycles. The molecule has 1 aliphatic carbocycles. The molecular weight excluding hydrogens is 384 g/mol. The molecule has 0 amide bonds. The van der Waals surface area contributed by atoms with Gasteiger partial charge in [0.15, 0.2) is 0 Å². The summed E-state index contributed by atoms with van der Waals surface area (Å²) in [6, 6.07) is 42.5. The van der Waals surface area contributed by atoms with E-state index in [9.17, 15) is 0 Å². The summed E-state index contributed by atoms with van der Waals surface area (Å²) in [7, 11) is 0. The van der Waals surface area contributed by atoms with E-state index in [0.29, 0.717) is 0 Å². The minimum Gasteiger partial charge on any atom is -0.0622 e. The van der Waals surface area contributed by atoms with Crippen LogP contribution in [0, 0.1) is 0 Å². The van der Waals surface area contributed by atoms with E-state index in [1.165, 1.54) is 44.5 Å². The lowest BCUT2D eigenvalue weighted by molar-refractivity contribution is 1.56. The Hall–Kier alpha value is -4.16. The maximum atomic E-state index is 2.31. The average Bonchev–Trinajstić information content (AvgIpc) is 2.86. The van der Waals surface area contributed by atoms with Crippen LogP contribution < -0.4 is 0 Å². The van der Waals surface area contributed by atoms with Crippen molar-refractivity contribution in [1.29, 1.82) is 0 Å². The molecule has 152 valence electrons. The lowest BCUT2D eigenvalue weighted by Crippen LogP contribution is -1.93. The number of benzene rings is 4. The summed E-state index contributed by atoms with van der Waals surface area (Å²) in [6.45, 7) is 0. The van der Waals surface area contributed by atoms with Crippen molar-refractivity contribution in [1.82, 2.24) is 0 Å². The lowest BCUT2D eigenvalue weighted by Gasteiger charge is -2.15. The molecule has 32 heavy (non-hydrogen) atoms. The predicted molar refractivity (Wildman–Crippen MR) is 138 cm³/mol. The van der Waals surface area contributed by atoms with E-state index in [4.69, 9.17) is 0 Å². The van der Waals surface area contributed by atoms with Gasteiger partial charge in [-0.25, -0.2) is 0 Å². The Kier molecular flexibility index (Phi) is 5.76. The third-order valence-electron chi connectivity index (χ3n) is 5.67. The van der Waals surface area contributed by atoms with Crippen molar-refractivity contribution in [3.05, 3.63) is 168 Å². The quantitative estimate of drug-likeness (QED) is 0.318. The third-order valence-corrected chi connectivity index (χ3v) is 5.67. The van der Waals surface area contributed by atoms with Crippen molar-refractivity contribution >= 4 is 22.3 Å². The minimum atomic E-state index is 1.20. The molecule has 0 heterocycles. The molecule has 4 aromatic carbocycles. The average molecular weight is 409 g/mol. The Labute approximate surface area is 190 Å². The van der Waals surface area contributed by atoms with Crippen LogP contribution in [0.15, 0.2) is 146 Å². The minimum absolute atomic E-state index is 1.20. The Morgan fingerprint density at radius 1 is 0.219 bits per heavy atom. The van der Waals surface area contributed by atoms with Crippen LogP contribution in [0.1, 0.15) is 22.3 Å². The number of allylic oxidation sites excluding steroid dienone is 8. The molecule has 0 N–H and O–H groups in total. The fourth-order valence-corrected chi connectivity index (χ4v) is 4.03. The van der Waals surface area contributed by atoms with Gasteiger partial charge in [-0.3, -0.25) is 0 Å². The van der Waals surface area contributed by atoms with E-state index in [1.807, 2.05) is 0 Å². The molecule has 0 saturated carbocycles. The van der Waals surface area contributed by atoms with Gasteiger partial charge in [0.2, 0.25) is 0 Å². The summed E-state index contributed by atoms with van der Waals surface area (Å²) in [5, 5.41) is 0. The molecule has 4 aromatic rings. The highest BCUT2D eigenvalue weighted by molar-refractivity contribution is 6.01. The maximum absolute atomic E-state index is 2.31. The first-order valence-corrected chi connectivity index (χ1v) is 11.0. The van der Waals surface area contributed by atoms with Crippen LogP contribution >= 0.6 is 0 Å². The standard InChI is InChI=1S/C32H24/c1-5-13-25(14-6-1)29-21-30(26-15-7-2-8-16-26)23-32(28-19-11-4-12-20-28)24-31(22-29)27-17-9-3-10-18-27/h1-24H/b29-21+,29-22?,30-21?,30-23+,31-22+,31-24?,32-23?,32-24+. The Bertz CT molecular complexity index is 1080. The lowest BCUT2D eigenvalue weighted by atomic mass is 9.89. The molecule has 5 rings (SSSR count). The van der Waals surface area contributed by atoms with Gasteiger partial charge < -0.3 is 0 Å². The van der Waals surface area contributed by atoms with Crippen molar-refractivity contribution in [2.24, 2.45) is 0 Å². The van der Waals surface area contributed by atoms with Crippen molar-refractivity contribution in [2.45, 2.75) is 0 Å². The van der Waals surface area contributed by atoms with Crippen molar-refractivity contribution in [3.8, 4) is 0 Å². The summed E-state index contributed by atoms with van der Waals surface area (Å²) < 4.78 is 0. The van der Waals surface area contributed by atoms with Crippen molar-refractivity contribution < 1.29 is 0 Å². The smallest absolute Gasteiger partial charge is 0.0172 e. The second-order valence-electron chi connectivity index (χ2n) is 7.86. The zero-order valence-corrected chi connectivity index (χ0v) is 17.9. The predicted octanol–water partition coefficient (Wildman–Crippen LogP) is 8.33. The van der Waals surface area contributed by atoms with E-state index in [0.717, 1.165) is 0 Å². The largest absolute Gasteiger partial charge is 0.0622 e. The van der Waals surface area contributed by atoms with Gasteiger partial charge in [0.25, 0.3) is 0 Å². The van der Waals surface area contributed by atoms with Crippen LogP contribution in [0.4, 0.5) is 0 Å². The first kappa shape index (κ1) is 19.8. The van der Waals surface area contributed by atoms with E-state index in [1.54, 1.807) is 0 Å². The molecule has 0 aliphatic heterocycles. The molecule has 0 atom stereocenters. The van der Waals surface area contributed by atoms with Gasteiger partial charge in [0.1, 0.15) is 0 Å². The molecule has 1 aliphatic rings. The topological polar surface area (TPSA) is 0 Å². The van der Waals surface area contributed by atoms with E-state index in [-0.39, 0.29) is 0 Å². The zero-order valence-electron chi connectivity index (χ0n) is 17.9. The van der Waals surface area contributed by atoms with Crippen LogP contribution in [0.5, 0.6) is 0 Å². The normalized spacial score (nSPS) is 20.2. The van der Waals surface area contributed by atoms with Gasteiger partial charge in [-0.1, -0.05) is 121 Å². The molecule has 0 saturated heterocycles. The Balaban J connectivity index is 1.75. The van der Waals surface area contributed by atoms with Crippen LogP contribution in [-0.4, -0.2) is 0 Å². The molecule has 0 fully saturated rings. The highest BCUT2D eigenvalue weighted by Gasteiger charge is 2.11. The van der Waals surface area contributed by atoms with Crippen LogP contribution in [0.25, 0.3) is 22.3 Å². The summed E-state index contributed by atoms with van der Waals surface area (Å²) >= 11 is 0. The maximum Gasteiger partial charge on any atom is -0.0172 e.